The highest BCUT2D eigenvalue weighted by Gasteiger charge is 1.94. The third-order valence-corrected chi connectivity index (χ3v) is 1.02. The van der Waals surface area contributed by atoms with E-state index in [9.17, 15) is 0 Å². The third-order valence-electron chi connectivity index (χ3n) is 1.02. The van der Waals surface area contributed by atoms with Crippen molar-refractivity contribution in [1.29, 1.82) is 0 Å². The van der Waals surface area contributed by atoms with E-state index in [0.29, 0.717) is 5.69 Å². The molecular weight excluding hydrogens is 116 g/mol. The number of ether oxygens (including phenoxy) is 1. The van der Waals surface area contributed by atoms with Crippen LogP contribution in [0.4, 0.5) is 5.69 Å². The predicted octanol–water partition coefficient (Wildman–Crippen LogP) is 0.0915. The van der Waals surface area contributed by atoms with E-state index in [0.717, 1.165) is 5.75 Å². The van der Waals surface area contributed by atoms with E-state index in [2.05, 4.69) is 4.98 Å². The number of nitrogen functional groups attached to an aromatic ring is 1. The largest absolute Gasteiger partial charge is 0.491 e. The van der Waals surface area contributed by atoms with Gasteiger partial charge in [0.25, 0.3) is 0 Å². The topological polar surface area (TPSA) is 49.4 Å². The minimum absolute atomic E-state index is 0.675. The lowest BCUT2D eigenvalue weighted by atomic mass is 10.4. The van der Waals surface area contributed by atoms with Crippen molar-refractivity contribution in [1.82, 2.24) is 0 Å². The molecule has 9 heavy (non-hydrogen) atoms. The fourth-order valence-electron chi connectivity index (χ4n) is 0.585. The molecule has 3 nitrogen and oxygen atoms in total. The second-order valence-corrected chi connectivity index (χ2v) is 1.71. The molecule has 0 aliphatic heterocycles. The van der Waals surface area contributed by atoms with E-state index in [1.807, 2.05) is 0 Å². The number of aromatic amines is 1. The maximum absolute atomic E-state index is 5.42. The number of hydrogen-bond donors (Lipinski definition) is 1. The van der Waals surface area contributed by atoms with Crippen LogP contribution in [0.15, 0.2) is 18.5 Å². The second-order valence-electron chi connectivity index (χ2n) is 1.71. The number of pyridine rings is 1. The minimum atomic E-state index is 0.675. The Balaban J connectivity index is 2.94. The van der Waals surface area contributed by atoms with Crippen molar-refractivity contribution in [3.8, 4) is 5.75 Å². The van der Waals surface area contributed by atoms with E-state index in [-0.39, 0.29) is 0 Å². The average Bonchev–Trinajstić information content (AvgIpc) is 1.88. The lowest BCUT2D eigenvalue weighted by Crippen LogP contribution is -2.02. The van der Waals surface area contributed by atoms with Crippen LogP contribution in [0.5, 0.6) is 5.75 Å². The van der Waals surface area contributed by atoms with Gasteiger partial charge in [0, 0.05) is 6.07 Å². The van der Waals surface area contributed by atoms with E-state index in [1.54, 1.807) is 25.6 Å². The number of hydrogen-bond acceptors (Lipinski definition) is 2. The van der Waals surface area contributed by atoms with Crippen LogP contribution in [0.3, 0.4) is 0 Å². The van der Waals surface area contributed by atoms with Gasteiger partial charge in [0.05, 0.1) is 7.11 Å². The van der Waals surface area contributed by atoms with Crippen LogP contribution >= 0.6 is 0 Å². The molecule has 0 radical (unpaired) electrons. The molecule has 0 saturated heterocycles. The highest BCUT2D eigenvalue weighted by atomic mass is 16.5. The van der Waals surface area contributed by atoms with Gasteiger partial charge in [0.2, 0.25) is 6.20 Å². The molecule has 0 aliphatic rings. The summed E-state index contributed by atoms with van der Waals surface area (Å²) in [7, 11) is 1.60. The first-order valence-electron chi connectivity index (χ1n) is 2.63. The Labute approximate surface area is 53.5 Å². The number of anilines is 1. The molecule has 0 aliphatic carbocycles. The second kappa shape index (κ2) is 2.35. The summed E-state index contributed by atoms with van der Waals surface area (Å²) in [6.07, 6.45) is 3.43. The van der Waals surface area contributed by atoms with Crippen LogP contribution in [0.2, 0.25) is 0 Å². The SMILES string of the molecule is COc1c[nH+]cc(N)c1. The van der Waals surface area contributed by atoms with Crippen LogP contribution in [0.1, 0.15) is 0 Å². The van der Waals surface area contributed by atoms with E-state index >= 15 is 0 Å². The summed E-state index contributed by atoms with van der Waals surface area (Å²) in [5, 5.41) is 0. The number of nitrogens with two attached hydrogens (primary N) is 1. The van der Waals surface area contributed by atoms with Gasteiger partial charge >= 0.3 is 0 Å². The van der Waals surface area contributed by atoms with E-state index in [1.165, 1.54) is 0 Å². The Morgan fingerprint density at radius 1 is 1.56 bits per heavy atom. The Hall–Kier alpha value is -1.25. The summed E-state index contributed by atoms with van der Waals surface area (Å²) >= 11 is 0. The summed E-state index contributed by atoms with van der Waals surface area (Å²) in [5.74, 6) is 0.745. The molecule has 3 N–H and O–H groups in total. The lowest BCUT2D eigenvalue weighted by Gasteiger charge is -1.93. The smallest absolute Gasteiger partial charge is 0.209 e. The Kier molecular flexibility index (Phi) is 1.53. The predicted molar refractivity (Wildman–Crippen MR) is 34.0 cm³/mol. The first-order valence-corrected chi connectivity index (χ1v) is 2.63. The van der Waals surface area contributed by atoms with Crippen molar-refractivity contribution in [3.05, 3.63) is 18.5 Å². The standard InChI is InChI=1S/C6H8N2O/c1-9-6-2-5(7)3-8-4-6/h2-4H,7H2,1H3/p+1. The van der Waals surface area contributed by atoms with Gasteiger partial charge in [-0.3, -0.25) is 0 Å². The molecule has 0 unspecified atom stereocenters. The monoisotopic (exact) mass is 125 g/mol. The molecule has 0 atom stereocenters. The zero-order valence-corrected chi connectivity index (χ0v) is 5.22. The van der Waals surface area contributed by atoms with Gasteiger partial charge in [0.1, 0.15) is 5.69 Å². The van der Waals surface area contributed by atoms with Crippen LogP contribution in [-0.4, -0.2) is 7.11 Å². The summed E-state index contributed by atoms with van der Waals surface area (Å²) in [5.41, 5.74) is 6.10. The maximum Gasteiger partial charge on any atom is 0.209 e. The lowest BCUT2D eigenvalue weighted by molar-refractivity contribution is -0.377. The van der Waals surface area contributed by atoms with Gasteiger partial charge in [-0.05, 0) is 0 Å². The van der Waals surface area contributed by atoms with Crippen molar-refractivity contribution in [2.24, 2.45) is 0 Å². The van der Waals surface area contributed by atoms with Crippen LogP contribution < -0.4 is 15.5 Å². The Morgan fingerprint density at radius 2 is 2.33 bits per heavy atom. The Morgan fingerprint density at radius 3 is 2.78 bits per heavy atom. The highest BCUT2D eigenvalue weighted by Crippen LogP contribution is 2.07. The first kappa shape index (κ1) is 5.88. The number of H-pyrrole nitrogens is 1. The third kappa shape index (κ3) is 1.32. The fourth-order valence-corrected chi connectivity index (χ4v) is 0.585. The normalized spacial score (nSPS) is 9.00. The first-order chi connectivity index (χ1) is 4.33. The van der Waals surface area contributed by atoms with Gasteiger partial charge in [-0.2, -0.15) is 0 Å². The summed E-state index contributed by atoms with van der Waals surface area (Å²) < 4.78 is 4.88. The van der Waals surface area contributed by atoms with Gasteiger partial charge in [0.15, 0.2) is 11.9 Å². The molecule has 0 amide bonds. The van der Waals surface area contributed by atoms with Gasteiger partial charge in [-0.15, -0.1) is 0 Å². The molecule has 0 fully saturated rings. The number of nitrogens with one attached hydrogen (secondary N) is 1. The summed E-state index contributed by atoms with van der Waals surface area (Å²) in [6.45, 7) is 0. The molecule has 1 rings (SSSR count). The van der Waals surface area contributed by atoms with Crippen molar-refractivity contribution in [2.45, 2.75) is 0 Å². The summed E-state index contributed by atoms with van der Waals surface area (Å²) in [6, 6.07) is 1.75. The number of rotatable bonds is 1. The zero-order valence-electron chi connectivity index (χ0n) is 5.22. The Bertz CT molecular complexity index is 200. The van der Waals surface area contributed by atoms with Crippen LogP contribution in [-0.2, 0) is 0 Å². The fraction of sp³-hybridized carbons (Fsp3) is 0.167. The number of methoxy groups -OCH3 is 1. The molecule has 0 saturated carbocycles. The molecule has 1 aromatic heterocycles. The van der Waals surface area contributed by atoms with Gasteiger partial charge in [-0.1, -0.05) is 0 Å². The molecule has 3 heteroatoms. The highest BCUT2D eigenvalue weighted by molar-refractivity contribution is 5.37. The molecule has 0 bridgehead atoms. The molecule has 48 valence electrons. The quantitative estimate of drug-likeness (QED) is 0.578. The molecule has 1 heterocycles. The molecule has 0 aromatic carbocycles. The minimum Gasteiger partial charge on any atom is -0.491 e. The van der Waals surface area contributed by atoms with E-state index in [4.69, 9.17) is 10.5 Å². The molecular formula is C6H9N2O+. The van der Waals surface area contributed by atoms with E-state index < -0.39 is 0 Å². The van der Waals surface area contributed by atoms with Crippen molar-refractivity contribution in [2.75, 3.05) is 12.8 Å². The van der Waals surface area contributed by atoms with Crippen LogP contribution in [0.25, 0.3) is 0 Å². The van der Waals surface area contributed by atoms with Crippen molar-refractivity contribution in [3.63, 3.8) is 0 Å². The van der Waals surface area contributed by atoms with Crippen LogP contribution in [0, 0.1) is 0 Å². The zero-order chi connectivity index (χ0) is 6.69. The summed E-state index contributed by atoms with van der Waals surface area (Å²) in [4.78, 5) is 2.83. The van der Waals surface area contributed by atoms with Gasteiger partial charge in [-0.25, -0.2) is 4.98 Å². The van der Waals surface area contributed by atoms with Gasteiger partial charge < -0.3 is 10.5 Å². The average molecular weight is 125 g/mol. The number of aromatic nitrogens is 1. The van der Waals surface area contributed by atoms with Crippen molar-refractivity contribution >= 4 is 5.69 Å². The molecule has 0 spiro atoms. The maximum atomic E-state index is 5.42. The van der Waals surface area contributed by atoms with Crippen molar-refractivity contribution < 1.29 is 9.72 Å². The molecule has 1 aromatic rings.